The van der Waals surface area contributed by atoms with E-state index in [4.69, 9.17) is 11.6 Å². The summed E-state index contributed by atoms with van der Waals surface area (Å²) in [6.07, 6.45) is 3.22. The van der Waals surface area contributed by atoms with Gasteiger partial charge in [-0.2, -0.15) is 0 Å². The monoisotopic (exact) mass is 229 g/mol. The number of alkyl halides is 1. The van der Waals surface area contributed by atoms with Crippen molar-refractivity contribution < 1.29 is 0 Å². The Bertz CT molecular complexity index is 386. The zero-order valence-corrected chi connectivity index (χ0v) is 10.0. The number of rotatable bonds is 4. The number of aryl methyl sites for hydroxylation is 1. The molecule has 0 saturated carbocycles. The molecule has 0 aromatic carbocycles. The smallest absolute Gasteiger partial charge is 0.293 e. The summed E-state index contributed by atoms with van der Waals surface area (Å²) in [4.78, 5) is 15.6. The van der Waals surface area contributed by atoms with Crippen LogP contribution < -0.4 is 10.9 Å². The molecule has 0 radical (unpaired) electrons. The number of anilines is 1. The van der Waals surface area contributed by atoms with Gasteiger partial charge in [0.2, 0.25) is 0 Å². The normalized spacial score (nSPS) is 11.5. The summed E-state index contributed by atoms with van der Waals surface area (Å²) < 4.78 is 1.49. The van der Waals surface area contributed by atoms with Crippen LogP contribution in [0.2, 0.25) is 0 Å². The minimum atomic E-state index is -0.122. The summed E-state index contributed by atoms with van der Waals surface area (Å²) in [5.41, 5.74) is -0.174. The minimum Gasteiger partial charge on any atom is -0.365 e. The Labute approximate surface area is 94.3 Å². The van der Waals surface area contributed by atoms with Gasteiger partial charge in [-0.25, -0.2) is 4.98 Å². The number of hydrogen-bond donors (Lipinski definition) is 1. The second kappa shape index (κ2) is 4.66. The SMILES string of the molecule is Cn1ccnc(NCC(C)(C)CCl)c1=O. The largest absolute Gasteiger partial charge is 0.365 e. The van der Waals surface area contributed by atoms with Crippen LogP contribution >= 0.6 is 11.6 Å². The van der Waals surface area contributed by atoms with Crippen LogP contribution in [0.25, 0.3) is 0 Å². The van der Waals surface area contributed by atoms with Crippen molar-refractivity contribution in [3.05, 3.63) is 22.7 Å². The van der Waals surface area contributed by atoms with Crippen LogP contribution in [0.4, 0.5) is 5.82 Å². The Balaban J connectivity index is 2.75. The minimum absolute atomic E-state index is 0.0515. The maximum absolute atomic E-state index is 11.6. The van der Waals surface area contributed by atoms with E-state index in [1.54, 1.807) is 19.4 Å². The molecule has 0 aliphatic carbocycles. The van der Waals surface area contributed by atoms with Crippen molar-refractivity contribution in [3.63, 3.8) is 0 Å². The summed E-state index contributed by atoms with van der Waals surface area (Å²) in [5, 5.41) is 3.02. The van der Waals surface area contributed by atoms with E-state index in [1.807, 2.05) is 13.8 Å². The molecule has 84 valence electrons. The molecular weight excluding hydrogens is 214 g/mol. The van der Waals surface area contributed by atoms with Crippen LogP contribution in [-0.4, -0.2) is 22.0 Å². The fourth-order valence-corrected chi connectivity index (χ4v) is 1.08. The van der Waals surface area contributed by atoms with E-state index in [1.165, 1.54) is 4.57 Å². The van der Waals surface area contributed by atoms with Gasteiger partial charge in [0, 0.05) is 31.9 Å². The van der Waals surface area contributed by atoms with E-state index >= 15 is 0 Å². The van der Waals surface area contributed by atoms with Crippen molar-refractivity contribution in [1.29, 1.82) is 0 Å². The van der Waals surface area contributed by atoms with Gasteiger partial charge in [-0.05, 0) is 5.41 Å². The van der Waals surface area contributed by atoms with Gasteiger partial charge in [0.15, 0.2) is 5.82 Å². The summed E-state index contributed by atoms with van der Waals surface area (Å²) in [6.45, 7) is 4.68. The molecule has 0 amide bonds. The van der Waals surface area contributed by atoms with Gasteiger partial charge in [-0.15, -0.1) is 11.6 Å². The van der Waals surface area contributed by atoms with Gasteiger partial charge in [-0.1, -0.05) is 13.8 Å². The quantitative estimate of drug-likeness (QED) is 0.796. The van der Waals surface area contributed by atoms with Crippen LogP contribution in [0.1, 0.15) is 13.8 Å². The third kappa shape index (κ3) is 3.23. The van der Waals surface area contributed by atoms with Crippen molar-refractivity contribution in [2.45, 2.75) is 13.8 Å². The Morgan fingerprint density at radius 1 is 1.60 bits per heavy atom. The number of nitrogens with one attached hydrogen (secondary N) is 1. The van der Waals surface area contributed by atoms with Crippen LogP contribution in [0.5, 0.6) is 0 Å². The molecule has 1 rings (SSSR count). The maximum atomic E-state index is 11.6. The first-order valence-electron chi connectivity index (χ1n) is 4.78. The number of nitrogens with zero attached hydrogens (tertiary/aromatic N) is 2. The fraction of sp³-hybridized carbons (Fsp3) is 0.600. The molecule has 0 saturated heterocycles. The topological polar surface area (TPSA) is 46.9 Å². The predicted octanol–water partition coefficient (Wildman–Crippen LogP) is 1.46. The molecule has 5 heteroatoms. The lowest BCUT2D eigenvalue weighted by Crippen LogP contribution is -2.29. The highest BCUT2D eigenvalue weighted by molar-refractivity contribution is 6.18. The molecule has 0 fully saturated rings. The lowest BCUT2D eigenvalue weighted by atomic mass is 9.97. The first kappa shape index (κ1) is 12.0. The number of aromatic nitrogens is 2. The highest BCUT2D eigenvalue weighted by Gasteiger charge is 2.16. The van der Waals surface area contributed by atoms with E-state index in [-0.39, 0.29) is 11.0 Å². The maximum Gasteiger partial charge on any atom is 0.293 e. The molecule has 0 aliphatic rings. The summed E-state index contributed by atoms with van der Waals surface area (Å²) in [6, 6.07) is 0. The fourth-order valence-electron chi connectivity index (χ4n) is 0.989. The van der Waals surface area contributed by atoms with Gasteiger partial charge in [0.05, 0.1) is 0 Å². The van der Waals surface area contributed by atoms with Gasteiger partial charge in [-0.3, -0.25) is 4.79 Å². The van der Waals surface area contributed by atoms with Crippen molar-refractivity contribution >= 4 is 17.4 Å². The average Bonchev–Trinajstić information content (AvgIpc) is 2.20. The molecule has 1 heterocycles. The molecule has 0 aliphatic heterocycles. The van der Waals surface area contributed by atoms with E-state index in [0.29, 0.717) is 18.2 Å². The molecular formula is C10H16ClN3O. The van der Waals surface area contributed by atoms with E-state index < -0.39 is 0 Å². The van der Waals surface area contributed by atoms with Crippen molar-refractivity contribution in [2.75, 3.05) is 17.7 Å². The zero-order chi connectivity index (χ0) is 11.5. The highest BCUT2D eigenvalue weighted by Crippen LogP contribution is 2.16. The van der Waals surface area contributed by atoms with E-state index in [0.717, 1.165) is 0 Å². The second-order valence-corrected chi connectivity index (χ2v) is 4.61. The molecule has 1 N–H and O–H groups in total. The van der Waals surface area contributed by atoms with Crippen molar-refractivity contribution in [2.24, 2.45) is 12.5 Å². The molecule has 1 aromatic rings. The first-order chi connectivity index (χ1) is 6.96. The Hall–Kier alpha value is -1.03. The molecule has 1 aromatic heterocycles. The summed E-state index contributed by atoms with van der Waals surface area (Å²) in [5.74, 6) is 0.908. The van der Waals surface area contributed by atoms with Gasteiger partial charge >= 0.3 is 0 Å². The Kier molecular flexibility index (Phi) is 3.74. The lowest BCUT2D eigenvalue weighted by Gasteiger charge is -2.21. The van der Waals surface area contributed by atoms with Gasteiger partial charge in [0.1, 0.15) is 0 Å². The molecule has 15 heavy (non-hydrogen) atoms. The first-order valence-corrected chi connectivity index (χ1v) is 5.31. The molecule has 0 bridgehead atoms. The third-order valence-electron chi connectivity index (χ3n) is 2.11. The summed E-state index contributed by atoms with van der Waals surface area (Å²) in [7, 11) is 1.70. The zero-order valence-electron chi connectivity index (χ0n) is 9.25. The second-order valence-electron chi connectivity index (χ2n) is 4.34. The molecule has 0 spiro atoms. The molecule has 4 nitrogen and oxygen atoms in total. The van der Waals surface area contributed by atoms with Crippen molar-refractivity contribution in [3.8, 4) is 0 Å². The Morgan fingerprint density at radius 3 is 2.87 bits per heavy atom. The van der Waals surface area contributed by atoms with Crippen molar-refractivity contribution in [1.82, 2.24) is 9.55 Å². The van der Waals surface area contributed by atoms with Gasteiger partial charge in [0.25, 0.3) is 5.56 Å². The lowest BCUT2D eigenvalue weighted by molar-refractivity contribution is 0.449. The third-order valence-corrected chi connectivity index (χ3v) is 2.84. The van der Waals surface area contributed by atoms with Gasteiger partial charge < -0.3 is 9.88 Å². The Morgan fingerprint density at radius 2 is 2.27 bits per heavy atom. The number of halogens is 1. The average molecular weight is 230 g/mol. The van der Waals surface area contributed by atoms with E-state index in [9.17, 15) is 4.79 Å². The van der Waals surface area contributed by atoms with Crippen LogP contribution in [-0.2, 0) is 7.05 Å². The van der Waals surface area contributed by atoms with Crippen LogP contribution in [0.15, 0.2) is 17.2 Å². The van der Waals surface area contributed by atoms with E-state index in [2.05, 4.69) is 10.3 Å². The predicted molar refractivity (Wildman–Crippen MR) is 62.5 cm³/mol. The molecule has 0 atom stereocenters. The van der Waals surface area contributed by atoms with Crippen LogP contribution in [0.3, 0.4) is 0 Å². The number of hydrogen-bond acceptors (Lipinski definition) is 3. The van der Waals surface area contributed by atoms with Crippen LogP contribution in [0, 0.1) is 5.41 Å². The highest BCUT2D eigenvalue weighted by atomic mass is 35.5. The summed E-state index contributed by atoms with van der Waals surface area (Å²) >= 11 is 5.79. The molecule has 0 unspecified atom stereocenters. The standard InChI is InChI=1S/C10H16ClN3O/c1-10(2,6-11)7-13-8-9(15)14(3)5-4-12-8/h4-5H,6-7H2,1-3H3,(H,12,13).